The third kappa shape index (κ3) is 2.41. The quantitative estimate of drug-likeness (QED) is 0.781. The van der Waals surface area contributed by atoms with Crippen molar-refractivity contribution in [2.75, 3.05) is 0 Å². The molecule has 0 spiro atoms. The SMILES string of the molecule is C[C@@H](N)c1ccc2cc(O)ccc2c1.Cl. The van der Waals surface area contributed by atoms with E-state index < -0.39 is 0 Å². The van der Waals surface area contributed by atoms with Gasteiger partial charge in [-0.15, -0.1) is 12.4 Å². The van der Waals surface area contributed by atoms with Gasteiger partial charge >= 0.3 is 0 Å². The van der Waals surface area contributed by atoms with Gasteiger partial charge in [0.1, 0.15) is 5.75 Å². The van der Waals surface area contributed by atoms with Gasteiger partial charge in [-0.2, -0.15) is 0 Å². The van der Waals surface area contributed by atoms with E-state index >= 15 is 0 Å². The minimum Gasteiger partial charge on any atom is -0.508 e. The molecule has 2 aromatic carbocycles. The summed E-state index contributed by atoms with van der Waals surface area (Å²) in [6.45, 7) is 1.96. The highest BCUT2D eigenvalue weighted by Gasteiger charge is 2.00. The Balaban J connectivity index is 0.00000112. The number of phenolic OH excluding ortho intramolecular Hbond substituents is 1. The molecule has 0 unspecified atom stereocenters. The minimum atomic E-state index is 0. The number of rotatable bonds is 1. The monoisotopic (exact) mass is 223 g/mol. The molecule has 0 amide bonds. The second-order valence-corrected chi connectivity index (χ2v) is 3.58. The van der Waals surface area contributed by atoms with Gasteiger partial charge in [0, 0.05) is 6.04 Å². The molecule has 1 atom stereocenters. The summed E-state index contributed by atoms with van der Waals surface area (Å²) in [4.78, 5) is 0. The van der Waals surface area contributed by atoms with Crippen LogP contribution in [-0.2, 0) is 0 Å². The highest BCUT2D eigenvalue weighted by atomic mass is 35.5. The van der Waals surface area contributed by atoms with Crippen molar-refractivity contribution in [2.45, 2.75) is 13.0 Å². The smallest absolute Gasteiger partial charge is 0.116 e. The predicted octanol–water partition coefficient (Wildman–Crippen LogP) is 2.99. The number of phenols is 1. The van der Waals surface area contributed by atoms with Gasteiger partial charge in [0.25, 0.3) is 0 Å². The molecule has 0 radical (unpaired) electrons. The van der Waals surface area contributed by atoms with Crippen molar-refractivity contribution in [1.82, 2.24) is 0 Å². The first-order chi connectivity index (χ1) is 6.66. The maximum absolute atomic E-state index is 9.28. The molecule has 80 valence electrons. The van der Waals surface area contributed by atoms with Crippen LogP contribution >= 0.6 is 12.4 Å². The molecule has 2 aromatic rings. The van der Waals surface area contributed by atoms with E-state index in [0.717, 1.165) is 16.3 Å². The van der Waals surface area contributed by atoms with Crippen LogP contribution in [0.3, 0.4) is 0 Å². The Hall–Kier alpha value is -1.25. The molecule has 0 heterocycles. The van der Waals surface area contributed by atoms with Crippen LogP contribution in [0.2, 0.25) is 0 Å². The van der Waals surface area contributed by atoms with Gasteiger partial charge < -0.3 is 10.8 Å². The molecular weight excluding hydrogens is 210 g/mol. The summed E-state index contributed by atoms with van der Waals surface area (Å²) in [6.07, 6.45) is 0. The zero-order chi connectivity index (χ0) is 10.1. The molecule has 2 nitrogen and oxygen atoms in total. The van der Waals surface area contributed by atoms with Crippen molar-refractivity contribution in [3.63, 3.8) is 0 Å². The first kappa shape index (κ1) is 11.8. The number of hydrogen-bond acceptors (Lipinski definition) is 2. The molecule has 0 fully saturated rings. The van der Waals surface area contributed by atoms with Crippen molar-refractivity contribution < 1.29 is 5.11 Å². The van der Waals surface area contributed by atoms with Gasteiger partial charge in [-0.05, 0) is 41.5 Å². The molecule has 2 rings (SSSR count). The van der Waals surface area contributed by atoms with E-state index in [2.05, 4.69) is 6.07 Å². The molecule has 0 aliphatic rings. The minimum absolute atomic E-state index is 0. The van der Waals surface area contributed by atoms with Gasteiger partial charge in [-0.25, -0.2) is 0 Å². The van der Waals surface area contributed by atoms with E-state index in [-0.39, 0.29) is 18.4 Å². The van der Waals surface area contributed by atoms with Crippen LogP contribution in [0.4, 0.5) is 0 Å². The fourth-order valence-electron chi connectivity index (χ4n) is 1.53. The largest absolute Gasteiger partial charge is 0.508 e. The van der Waals surface area contributed by atoms with Gasteiger partial charge in [0.15, 0.2) is 0 Å². The number of hydrogen-bond donors (Lipinski definition) is 2. The summed E-state index contributed by atoms with van der Waals surface area (Å²) in [5.41, 5.74) is 6.90. The summed E-state index contributed by atoms with van der Waals surface area (Å²) in [5, 5.41) is 11.4. The lowest BCUT2D eigenvalue weighted by atomic mass is 10.0. The molecule has 0 saturated carbocycles. The Labute approximate surface area is 95.1 Å². The summed E-state index contributed by atoms with van der Waals surface area (Å²) in [6, 6.07) is 11.4. The highest BCUT2D eigenvalue weighted by molar-refractivity contribution is 5.85. The van der Waals surface area contributed by atoms with Crippen molar-refractivity contribution >= 4 is 23.2 Å². The fraction of sp³-hybridized carbons (Fsp3) is 0.167. The van der Waals surface area contributed by atoms with Crippen LogP contribution in [-0.4, -0.2) is 5.11 Å². The summed E-state index contributed by atoms with van der Waals surface area (Å²) in [5.74, 6) is 0.297. The third-order valence-corrected chi connectivity index (χ3v) is 2.37. The molecule has 0 bridgehead atoms. The zero-order valence-electron chi connectivity index (χ0n) is 8.47. The van der Waals surface area contributed by atoms with E-state index in [1.807, 2.05) is 25.1 Å². The average Bonchev–Trinajstić information content (AvgIpc) is 2.16. The standard InChI is InChI=1S/C12H13NO.ClH/c1-8(13)9-2-3-11-7-12(14)5-4-10(11)6-9;/h2-8,14H,13H2,1H3;1H/t8-;/m1./s1. The molecular formula is C12H14ClNO. The Morgan fingerprint density at radius 1 is 1.07 bits per heavy atom. The Kier molecular flexibility index (Phi) is 3.56. The zero-order valence-corrected chi connectivity index (χ0v) is 9.29. The van der Waals surface area contributed by atoms with Crippen LogP contribution in [0.1, 0.15) is 18.5 Å². The normalized spacial score (nSPS) is 12.1. The van der Waals surface area contributed by atoms with E-state index in [1.54, 1.807) is 12.1 Å². The average molecular weight is 224 g/mol. The molecule has 0 saturated heterocycles. The number of benzene rings is 2. The number of nitrogens with two attached hydrogens (primary N) is 1. The van der Waals surface area contributed by atoms with Crippen LogP contribution < -0.4 is 5.73 Å². The topological polar surface area (TPSA) is 46.2 Å². The summed E-state index contributed by atoms with van der Waals surface area (Å²) in [7, 11) is 0. The van der Waals surface area contributed by atoms with Gasteiger partial charge in [0.05, 0.1) is 0 Å². The van der Waals surface area contributed by atoms with E-state index in [1.165, 1.54) is 0 Å². The predicted molar refractivity (Wildman–Crippen MR) is 65.5 cm³/mol. The van der Waals surface area contributed by atoms with Crippen LogP contribution in [0.5, 0.6) is 5.75 Å². The Morgan fingerprint density at radius 2 is 1.67 bits per heavy atom. The molecule has 3 heteroatoms. The molecule has 3 N–H and O–H groups in total. The second kappa shape index (κ2) is 4.51. The third-order valence-electron chi connectivity index (χ3n) is 2.37. The van der Waals surface area contributed by atoms with Gasteiger partial charge in [0.2, 0.25) is 0 Å². The number of halogens is 1. The first-order valence-electron chi connectivity index (χ1n) is 4.65. The van der Waals surface area contributed by atoms with Crippen LogP contribution in [0.25, 0.3) is 10.8 Å². The highest BCUT2D eigenvalue weighted by Crippen LogP contribution is 2.22. The van der Waals surface area contributed by atoms with E-state index in [4.69, 9.17) is 5.73 Å². The maximum atomic E-state index is 9.28. The van der Waals surface area contributed by atoms with Crippen molar-refractivity contribution in [3.05, 3.63) is 42.0 Å². The van der Waals surface area contributed by atoms with Crippen molar-refractivity contribution in [1.29, 1.82) is 0 Å². The van der Waals surface area contributed by atoms with Crippen LogP contribution in [0, 0.1) is 0 Å². The second-order valence-electron chi connectivity index (χ2n) is 3.58. The molecule has 0 aliphatic heterocycles. The number of fused-ring (bicyclic) bond motifs is 1. The van der Waals surface area contributed by atoms with E-state index in [0.29, 0.717) is 5.75 Å². The van der Waals surface area contributed by atoms with Crippen molar-refractivity contribution in [2.24, 2.45) is 5.73 Å². The molecule has 15 heavy (non-hydrogen) atoms. The van der Waals surface area contributed by atoms with Crippen LogP contribution in [0.15, 0.2) is 36.4 Å². The maximum Gasteiger partial charge on any atom is 0.116 e. The fourth-order valence-corrected chi connectivity index (χ4v) is 1.53. The summed E-state index contributed by atoms with van der Waals surface area (Å²) < 4.78 is 0. The summed E-state index contributed by atoms with van der Waals surface area (Å²) >= 11 is 0. The lowest BCUT2D eigenvalue weighted by Crippen LogP contribution is -2.04. The lowest BCUT2D eigenvalue weighted by molar-refractivity contribution is 0.476. The lowest BCUT2D eigenvalue weighted by Gasteiger charge is -2.06. The van der Waals surface area contributed by atoms with Gasteiger partial charge in [-0.3, -0.25) is 0 Å². The van der Waals surface area contributed by atoms with Gasteiger partial charge in [-0.1, -0.05) is 18.2 Å². The molecule has 0 aliphatic carbocycles. The Bertz CT molecular complexity index is 468. The Morgan fingerprint density at radius 3 is 2.33 bits per heavy atom. The molecule has 0 aromatic heterocycles. The van der Waals surface area contributed by atoms with E-state index in [9.17, 15) is 5.11 Å². The number of aromatic hydroxyl groups is 1. The first-order valence-corrected chi connectivity index (χ1v) is 4.65. The van der Waals surface area contributed by atoms with Crippen molar-refractivity contribution in [3.8, 4) is 5.75 Å².